The highest BCUT2D eigenvalue weighted by Crippen LogP contribution is 2.17. The van der Waals surface area contributed by atoms with Crippen LogP contribution in [0.3, 0.4) is 0 Å². The Morgan fingerprint density at radius 2 is 2.00 bits per heavy atom. The number of nitrogens with two attached hydrogens (primary N) is 1. The van der Waals surface area contributed by atoms with Crippen LogP contribution in [0.2, 0.25) is 0 Å². The first-order valence-electron chi connectivity index (χ1n) is 5.49. The largest absolute Gasteiger partial charge is 0.399 e. The number of halogens is 1. The van der Waals surface area contributed by atoms with Crippen LogP contribution < -0.4 is 11.1 Å². The zero-order chi connectivity index (χ0) is 13.1. The Hall–Kier alpha value is -2.36. The molecule has 0 saturated heterocycles. The van der Waals surface area contributed by atoms with Gasteiger partial charge in [-0.05, 0) is 48.9 Å². The van der Waals surface area contributed by atoms with Crippen LogP contribution in [-0.2, 0) is 0 Å². The molecule has 3 nitrogen and oxygen atoms in total. The molecule has 0 aliphatic carbocycles. The molecule has 0 unspecified atom stereocenters. The number of hydrogen-bond acceptors (Lipinski definition) is 2. The molecular formula is C14H13FN2O. The fraction of sp³-hybridized carbons (Fsp3) is 0.0714. The molecule has 4 heteroatoms. The second-order valence-corrected chi connectivity index (χ2v) is 4.04. The van der Waals surface area contributed by atoms with Gasteiger partial charge in [-0.25, -0.2) is 4.39 Å². The van der Waals surface area contributed by atoms with Crippen molar-refractivity contribution >= 4 is 17.3 Å². The second-order valence-electron chi connectivity index (χ2n) is 4.04. The van der Waals surface area contributed by atoms with Gasteiger partial charge in [0.15, 0.2) is 0 Å². The summed E-state index contributed by atoms with van der Waals surface area (Å²) in [6.07, 6.45) is 0. The molecule has 0 spiro atoms. The Morgan fingerprint density at radius 3 is 2.67 bits per heavy atom. The van der Waals surface area contributed by atoms with Crippen molar-refractivity contribution in [2.24, 2.45) is 0 Å². The van der Waals surface area contributed by atoms with Gasteiger partial charge in [0, 0.05) is 16.9 Å². The molecule has 0 saturated carbocycles. The van der Waals surface area contributed by atoms with E-state index in [2.05, 4.69) is 5.32 Å². The van der Waals surface area contributed by atoms with Crippen LogP contribution >= 0.6 is 0 Å². The third-order valence-corrected chi connectivity index (χ3v) is 2.61. The zero-order valence-corrected chi connectivity index (χ0v) is 9.91. The van der Waals surface area contributed by atoms with E-state index in [0.717, 1.165) is 5.56 Å². The molecule has 1 amide bonds. The molecule has 0 atom stereocenters. The van der Waals surface area contributed by atoms with Crippen LogP contribution in [0.15, 0.2) is 42.5 Å². The smallest absolute Gasteiger partial charge is 0.255 e. The summed E-state index contributed by atoms with van der Waals surface area (Å²) < 4.78 is 13.0. The zero-order valence-electron chi connectivity index (χ0n) is 9.91. The summed E-state index contributed by atoms with van der Waals surface area (Å²) in [5.41, 5.74) is 8.15. The molecule has 0 fully saturated rings. The van der Waals surface area contributed by atoms with E-state index < -0.39 is 5.82 Å². The first kappa shape index (κ1) is 12.1. The highest BCUT2D eigenvalue weighted by atomic mass is 19.1. The van der Waals surface area contributed by atoms with Gasteiger partial charge in [-0.2, -0.15) is 0 Å². The van der Waals surface area contributed by atoms with E-state index in [-0.39, 0.29) is 11.5 Å². The molecule has 2 aromatic rings. The molecule has 0 aromatic heterocycles. The van der Waals surface area contributed by atoms with Gasteiger partial charge in [-0.15, -0.1) is 0 Å². The van der Waals surface area contributed by atoms with Crippen molar-refractivity contribution < 1.29 is 9.18 Å². The summed E-state index contributed by atoms with van der Waals surface area (Å²) in [5.74, 6) is -0.783. The fourth-order valence-electron chi connectivity index (χ4n) is 1.59. The van der Waals surface area contributed by atoms with Crippen LogP contribution in [0.1, 0.15) is 15.9 Å². The highest BCUT2D eigenvalue weighted by molar-refractivity contribution is 6.04. The van der Waals surface area contributed by atoms with Gasteiger partial charge in [-0.3, -0.25) is 4.79 Å². The predicted octanol–water partition coefficient (Wildman–Crippen LogP) is 2.97. The Morgan fingerprint density at radius 1 is 1.22 bits per heavy atom. The summed E-state index contributed by atoms with van der Waals surface area (Å²) in [6, 6.07) is 10.7. The number of nitrogens with one attached hydrogen (secondary N) is 1. The normalized spacial score (nSPS) is 10.1. The molecule has 0 radical (unpaired) electrons. The lowest BCUT2D eigenvalue weighted by molar-refractivity contribution is 0.102. The van der Waals surface area contributed by atoms with Crippen LogP contribution in [0, 0.1) is 12.7 Å². The number of nitrogen functional groups attached to an aromatic ring is 1. The van der Waals surface area contributed by atoms with Gasteiger partial charge in [0.2, 0.25) is 0 Å². The van der Waals surface area contributed by atoms with Crippen molar-refractivity contribution in [3.05, 3.63) is 59.4 Å². The number of carbonyl (C=O) groups excluding carboxylic acids is 1. The van der Waals surface area contributed by atoms with E-state index in [1.165, 1.54) is 18.2 Å². The Kier molecular flexibility index (Phi) is 3.28. The van der Waals surface area contributed by atoms with Gasteiger partial charge < -0.3 is 11.1 Å². The van der Waals surface area contributed by atoms with E-state index >= 15 is 0 Å². The molecule has 92 valence electrons. The van der Waals surface area contributed by atoms with Crippen LogP contribution in [0.4, 0.5) is 15.8 Å². The fourth-order valence-corrected chi connectivity index (χ4v) is 1.59. The predicted molar refractivity (Wildman–Crippen MR) is 69.9 cm³/mol. The molecule has 2 rings (SSSR count). The number of anilines is 2. The first-order valence-corrected chi connectivity index (χ1v) is 5.49. The Balaban J connectivity index is 2.18. The second kappa shape index (κ2) is 4.87. The molecule has 0 aliphatic rings. The minimum absolute atomic E-state index is 0.282. The molecule has 18 heavy (non-hydrogen) atoms. The van der Waals surface area contributed by atoms with Gasteiger partial charge in [0.25, 0.3) is 5.91 Å². The third kappa shape index (κ3) is 2.66. The Bertz CT molecular complexity index is 596. The minimum Gasteiger partial charge on any atom is -0.399 e. The number of rotatable bonds is 2. The summed E-state index contributed by atoms with van der Waals surface area (Å²) in [7, 11) is 0. The van der Waals surface area contributed by atoms with Crippen molar-refractivity contribution in [2.75, 3.05) is 11.1 Å². The van der Waals surface area contributed by atoms with E-state index in [0.29, 0.717) is 11.4 Å². The maximum atomic E-state index is 13.0. The van der Waals surface area contributed by atoms with E-state index in [4.69, 9.17) is 5.73 Å². The molecule has 2 aromatic carbocycles. The number of hydrogen-bond donors (Lipinski definition) is 2. The minimum atomic E-state index is -0.434. The molecule has 0 aliphatic heterocycles. The van der Waals surface area contributed by atoms with Crippen LogP contribution in [-0.4, -0.2) is 5.91 Å². The average Bonchev–Trinajstić information content (AvgIpc) is 2.34. The SMILES string of the molecule is Cc1cc(NC(=O)c2cccc(F)c2)ccc1N. The summed E-state index contributed by atoms with van der Waals surface area (Å²) >= 11 is 0. The van der Waals surface area contributed by atoms with Crippen molar-refractivity contribution in [1.29, 1.82) is 0 Å². The van der Waals surface area contributed by atoms with Gasteiger partial charge >= 0.3 is 0 Å². The number of aryl methyl sites for hydroxylation is 1. The maximum absolute atomic E-state index is 13.0. The quantitative estimate of drug-likeness (QED) is 0.798. The van der Waals surface area contributed by atoms with Gasteiger partial charge in [0.1, 0.15) is 5.82 Å². The van der Waals surface area contributed by atoms with Gasteiger partial charge in [-0.1, -0.05) is 6.07 Å². The third-order valence-electron chi connectivity index (χ3n) is 2.61. The number of carbonyl (C=O) groups is 1. The van der Waals surface area contributed by atoms with Crippen molar-refractivity contribution in [2.45, 2.75) is 6.92 Å². The monoisotopic (exact) mass is 244 g/mol. The highest BCUT2D eigenvalue weighted by Gasteiger charge is 2.07. The Labute approximate surface area is 104 Å². The summed E-state index contributed by atoms with van der Waals surface area (Å²) in [6.45, 7) is 1.85. The van der Waals surface area contributed by atoms with E-state index in [1.807, 2.05) is 6.92 Å². The van der Waals surface area contributed by atoms with Crippen LogP contribution in [0.5, 0.6) is 0 Å². The lowest BCUT2D eigenvalue weighted by Gasteiger charge is -2.07. The standard InChI is InChI=1S/C14H13FN2O/c1-9-7-12(5-6-13(9)16)17-14(18)10-3-2-4-11(15)8-10/h2-8H,16H2,1H3,(H,17,18). The molecular weight excluding hydrogens is 231 g/mol. The average molecular weight is 244 g/mol. The molecule has 0 heterocycles. The first-order chi connectivity index (χ1) is 8.56. The van der Waals surface area contributed by atoms with E-state index in [9.17, 15) is 9.18 Å². The van der Waals surface area contributed by atoms with Crippen molar-refractivity contribution in [1.82, 2.24) is 0 Å². The van der Waals surface area contributed by atoms with Crippen molar-refractivity contribution in [3.63, 3.8) is 0 Å². The molecule has 3 N–H and O–H groups in total. The van der Waals surface area contributed by atoms with Crippen molar-refractivity contribution in [3.8, 4) is 0 Å². The lowest BCUT2D eigenvalue weighted by Crippen LogP contribution is -2.12. The number of benzene rings is 2. The van der Waals surface area contributed by atoms with E-state index in [1.54, 1.807) is 24.3 Å². The maximum Gasteiger partial charge on any atom is 0.255 e. The topological polar surface area (TPSA) is 55.1 Å². The van der Waals surface area contributed by atoms with Gasteiger partial charge in [0.05, 0.1) is 0 Å². The van der Waals surface area contributed by atoms with Crippen LogP contribution in [0.25, 0.3) is 0 Å². The molecule has 0 bridgehead atoms. The number of amides is 1. The summed E-state index contributed by atoms with van der Waals surface area (Å²) in [4.78, 5) is 11.9. The lowest BCUT2D eigenvalue weighted by atomic mass is 10.1. The summed E-state index contributed by atoms with van der Waals surface area (Å²) in [5, 5.41) is 2.69.